The molecule has 0 saturated heterocycles. The Kier molecular flexibility index (Phi) is 4.76. The van der Waals surface area contributed by atoms with Gasteiger partial charge >= 0.3 is 0 Å². The molecular formula is C13H13Br2N3O. The molecule has 6 heteroatoms. The first-order valence-corrected chi connectivity index (χ1v) is 7.39. The van der Waals surface area contributed by atoms with Crippen LogP contribution in [0.2, 0.25) is 0 Å². The lowest BCUT2D eigenvalue weighted by molar-refractivity contribution is 0.457. The van der Waals surface area contributed by atoms with Crippen molar-refractivity contribution < 1.29 is 4.74 Å². The number of rotatable bonds is 4. The topological polar surface area (TPSA) is 47.0 Å². The Morgan fingerprint density at radius 1 is 1.21 bits per heavy atom. The highest BCUT2D eigenvalue weighted by molar-refractivity contribution is 9.11. The van der Waals surface area contributed by atoms with Gasteiger partial charge < -0.3 is 10.1 Å². The van der Waals surface area contributed by atoms with Crippen LogP contribution in [0.25, 0.3) is 0 Å². The Morgan fingerprint density at radius 2 is 2.00 bits per heavy atom. The summed E-state index contributed by atoms with van der Waals surface area (Å²) in [6.45, 7) is 4.66. The zero-order valence-electron chi connectivity index (χ0n) is 10.6. The second-order valence-corrected chi connectivity index (χ2v) is 5.62. The third kappa shape index (κ3) is 3.91. The average molecular weight is 387 g/mol. The molecule has 0 unspecified atom stereocenters. The summed E-state index contributed by atoms with van der Waals surface area (Å²) < 4.78 is 7.62. The summed E-state index contributed by atoms with van der Waals surface area (Å²) in [5, 5.41) is 3.15. The molecule has 2 rings (SSSR count). The number of aryl methyl sites for hydroxylation is 1. The minimum atomic E-state index is 0.520. The standard InChI is InChI=1S/C13H13Br2N3O/c1-3-16-12-7-13(18-8(2)17-12)19-11-5-4-9(14)6-10(11)15/h4-7H,3H2,1-2H3,(H,16,17,18). The lowest BCUT2D eigenvalue weighted by Crippen LogP contribution is -2.02. The van der Waals surface area contributed by atoms with Crippen molar-refractivity contribution in [2.24, 2.45) is 0 Å². The Morgan fingerprint density at radius 3 is 2.68 bits per heavy atom. The van der Waals surface area contributed by atoms with Crippen molar-refractivity contribution in [3.05, 3.63) is 39.0 Å². The van der Waals surface area contributed by atoms with E-state index in [9.17, 15) is 0 Å². The van der Waals surface area contributed by atoms with Crippen LogP contribution in [0.1, 0.15) is 12.7 Å². The molecule has 1 aromatic carbocycles. The normalized spacial score (nSPS) is 10.3. The third-order valence-corrected chi connectivity index (χ3v) is 3.39. The molecule has 0 atom stereocenters. The van der Waals surface area contributed by atoms with Crippen LogP contribution in [-0.4, -0.2) is 16.5 Å². The van der Waals surface area contributed by atoms with E-state index in [-0.39, 0.29) is 0 Å². The predicted octanol–water partition coefficient (Wildman–Crippen LogP) is 4.53. The molecule has 0 aliphatic heterocycles. The average Bonchev–Trinajstić information content (AvgIpc) is 2.32. The minimum Gasteiger partial charge on any atom is -0.438 e. The molecule has 0 aliphatic rings. The Balaban J connectivity index is 2.27. The molecule has 1 aromatic heterocycles. The zero-order chi connectivity index (χ0) is 13.8. The second kappa shape index (κ2) is 6.34. The van der Waals surface area contributed by atoms with Gasteiger partial charge in [0.15, 0.2) is 0 Å². The number of hydrogen-bond acceptors (Lipinski definition) is 4. The highest BCUT2D eigenvalue weighted by Gasteiger charge is 2.07. The van der Waals surface area contributed by atoms with Gasteiger partial charge in [0.1, 0.15) is 17.4 Å². The smallest absolute Gasteiger partial charge is 0.224 e. The van der Waals surface area contributed by atoms with Crippen LogP contribution >= 0.6 is 31.9 Å². The molecular weight excluding hydrogens is 374 g/mol. The molecule has 0 bridgehead atoms. The van der Waals surface area contributed by atoms with E-state index in [4.69, 9.17) is 4.74 Å². The largest absolute Gasteiger partial charge is 0.438 e. The van der Waals surface area contributed by atoms with E-state index in [1.165, 1.54) is 0 Å². The fourth-order valence-corrected chi connectivity index (χ4v) is 2.66. The molecule has 0 radical (unpaired) electrons. The molecule has 0 aliphatic carbocycles. The highest BCUT2D eigenvalue weighted by atomic mass is 79.9. The van der Waals surface area contributed by atoms with Gasteiger partial charge in [-0.05, 0) is 48.0 Å². The van der Waals surface area contributed by atoms with Crippen molar-refractivity contribution in [3.8, 4) is 11.6 Å². The number of ether oxygens (including phenoxy) is 1. The number of anilines is 1. The maximum Gasteiger partial charge on any atom is 0.224 e. The number of nitrogens with zero attached hydrogens (tertiary/aromatic N) is 2. The van der Waals surface area contributed by atoms with Gasteiger partial charge in [-0.1, -0.05) is 15.9 Å². The van der Waals surface area contributed by atoms with Crippen LogP contribution in [0.15, 0.2) is 33.2 Å². The van der Waals surface area contributed by atoms with E-state index in [1.807, 2.05) is 32.0 Å². The number of benzene rings is 1. The van der Waals surface area contributed by atoms with Crippen LogP contribution in [0.3, 0.4) is 0 Å². The lowest BCUT2D eigenvalue weighted by Gasteiger charge is -2.09. The summed E-state index contributed by atoms with van der Waals surface area (Å²) in [6, 6.07) is 7.50. The molecule has 100 valence electrons. The molecule has 0 spiro atoms. The highest BCUT2D eigenvalue weighted by Crippen LogP contribution is 2.31. The molecule has 1 heterocycles. The van der Waals surface area contributed by atoms with E-state index in [0.717, 1.165) is 21.3 Å². The van der Waals surface area contributed by atoms with Gasteiger partial charge in [0.2, 0.25) is 5.88 Å². The second-order valence-electron chi connectivity index (χ2n) is 3.85. The van der Waals surface area contributed by atoms with Crippen LogP contribution in [-0.2, 0) is 0 Å². The number of halogens is 2. The van der Waals surface area contributed by atoms with Gasteiger partial charge in [-0.15, -0.1) is 0 Å². The van der Waals surface area contributed by atoms with E-state index >= 15 is 0 Å². The molecule has 0 amide bonds. The summed E-state index contributed by atoms with van der Waals surface area (Å²) in [7, 11) is 0. The van der Waals surface area contributed by atoms with Gasteiger partial charge in [0.05, 0.1) is 4.47 Å². The molecule has 19 heavy (non-hydrogen) atoms. The fourth-order valence-electron chi connectivity index (χ4n) is 1.53. The van der Waals surface area contributed by atoms with E-state index in [0.29, 0.717) is 17.5 Å². The minimum absolute atomic E-state index is 0.520. The summed E-state index contributed by atoms with van der Waals surface area (Å²) in [4.78, 5) is 8.55. The van der Waals surface area contributed by atoms with Crippen LogP contribution < -0.4 is 10.1 Å². The quantitative estimate of drug-likeness (QED) is 0.838. The fraction of sp³-hybridized carbons (Fsp3) is 0.231. The van der Waals surface area contributed by atoms with E-state index in [2.05, 4.69) is 47.1 Å². The summed E-state index contributed by atoms with van der Waals surface area (Å²) >= 11 is 6.86. The SMILES string of the molecule is CCNc1cc(Oc2ccc(Br)cc2Br)nc(C)n1. The van der Waals surface area contributed by atoms with Gasteiger partial charge in [0, 0.05) is 17.1 Å². The van der Waals surface area contributed by atoms with Gasteiger partial charge in [-0.3, -0.25) is 0 Å². The van der Waals surface area contributed by atoms with Gasteiger partial charge in [-0.25, -0.2) is 4.98 Å². The van der Waals surface area contributed by atoms with Crippen molar-refractivity contribution in [1.29, 1.82) is 0 Å². The van der Waals surface area contributed by atoms with Crippen LogP contribution in [0.5, 0.6) is 11.6 Å². The van der Waals surface area contributed by atoms with Crippen molar-refractivity contribution in [3.63, 3.8) is 0 Å². The monoisotopic (exact) mass is 385 g/mol. The lowest BCUT2D eigenvalue weighted by atomic mass is 10.3. The van der Waals surface area contributed by atoms with Crippen molar-refractivity contribution in [2.75, 3.05) is 11.9 Å². The number of aromatic nitrogens is 2. The zero-order valence-corrected chi connectivity index (χ0v) is 13.7. The Hall–Kier alpha value is -1.14. The van der Waals surface area contributed by atoms with Crippen molar-refractivity contribution >= 4 is 37.7 Å². The Bertz CT molecular complexity index is 590. The summed E-state index contributed by atoms with van der Waals surface area (Å²) in [5.74, 6) is 2.66. The molecule has 2 aromatic rings. The van der Waals surface area contributed by atoms with Gasteiger partial charge in [0.25, 0.3) is 0 Å². The van der Waals surface area contributed by atoms with E-state index < -0.39 is 0 Å². The maximum atomic E-state index is 5.77. The first-order valence-electron chi connectivity index (χ1n) is 5.81. The Labute approximate surface area is 128 Å². The van der Waals surface area contributed by atoms with Crippen molar-refractivity contribution in [1.82, 2.24) is 9.97 Å². The molecule has 1 N–H and O–H groups in total. The first kappa shape index (κ1) is 14.3. The molecule has 0 fully saturated rings. The van der Waals surface area contributed by atoms with Gasteiger partial charge in [-0.2, -0.15) is 4.98 Å². The number of nitrogens with one attached hydrogen (secondary N) is 1. The molecule has 0 saturated carbocycles. The predicted molar refractivity (Wildman–Crippen MR) is 82.8 cm³/mol. The number of hydrogen-bond donors (Lipinski definition) is 1. The third-order valence-electron chi connectivity index (χ3n) is 2.28. The first-order chi connectivity index (χ1) is 9.08. The van der Waals surface area contributed by atoms with Crippen LogP contribution in [0.4, 0.5) is 5.82 Å². The summed E-state index contributed by atoms with van der Waals surface area (Å²) in [6.07, 6.45) is 0. The summed E-state index contributed by atoms with van der Waals surface area (Å²) in [5.41, 5.74) is 0. The van der Waals surface area contributed by atoms with Crippen molar-refractivity contribution in [2.45, 2.75) is 13.8 Å². The van der Waals surface area contributed by atoms with E-state index in [1.54, 1.807) is 6.07 Å². The molecule has 4 nitrogen and oxygen atoms in total. The van der Waals surface area contributed by atoms with Crippen LogP contribution in [0, 0.1) is 6.92 Å². The maximum absolute atomic E-state index is 5.77.